The number of nitrogens with one attached hydrogen (secondary N) is 1. The van der Waals surface area contributed by atoms with Crippen LogP contribution < -0.4 is 5.32 Å². The number of carbonyl (C=O) groups excluding carboxylic acids is 2. The van der Waals surface area contributed by atoms with Gasteiger partial charge >= 0.3 is 0 Å². The average Bonchev–Trinajstić information content (AvgIpc) is 3.02. The van der Waals surface area contributed by atoms with Gasteiger partial charge < -0.3 is 15.3 Å². The third-order valence-corrected chi connectivity index (χ3v) is 6.74. The minimum absolute atomic E-state index is 0.0718. The third kappa shape index (κ3) is 5.66. The smallest absolute Gasteiger partial charge is 0.225 e. The van der Waals surface area contributed by atoms with Crippen molar-refractivity contribution in [1.29, 1.82) is 0 Å². The molecule has 5 nitrogen and oxygen atoms in total. The molecule has 1 saturated heterocycles. The predicted octanol–water partition coefficient (Wildman–Crippen LogP) is 4.13. The molecule has 0 saturated carbocycles. The fourth-order valence-corrected chi connectivity index (χ4v) is 4.62. The molecule has 1 heterocycles. The number of amides is 2. The van der Waals surface area contributed by atoms with Crippen molar-refractivity contribution in [2.75, 3.05) is 19.7 Å². The molecule has 0 radical (unpaired) electrons. The van der Waals surface area contributed by atoms with E-state index < -0.39 is 11.5 Å². The molecule has 0 aromatic heterocycles. The SMILES string of the molecule is CC(C)(C)C(=O)N[C@H](CO)CCC(=O)N1CCC(=C2c3ccccc3C#Cc3ccccc32)CC1. The molecule has 2 aliphatic rings. The Kier molecular flexibility index (Phi) is 7.42. The van der Waals surface area contributed by atoms with Gasteiger partial charge in [-0.05, 0) is 48.1 Å². The van der Waals surface area contributed by atoms with Crippen molar-refractivity contribution < 1.29 is 14.7 Å². The van der Waals surface area contributed by atoms with Crippen LogP contribution in [-0.4, -0.2) is 47.6 Å². The number of rotatable bonds is 5. The van der Waals surface area contributed by atoms with Crippen molar-refractivity contribution in [2.24, 2.45) is 5.41 Å². The molecule has 4 rings (SSSR count). The topological polar surface area (TPSA) is 69.6 Å². The third-order valence-electron chi connectivity index (χ3n) is 6.74. The highest BCUT2D eigenvalue weighted by atomic mass is 16.3. The Balaban J connectivity index is 1.45. The summed E-state index contributed by atoms with van der Waals surface area (Å²) < 4.78 is 0. The van der Waals surface area contributed by atoms with Gasteiger partial charge in [-0.3, -0.25) is 9.59 Å². The van der Waals surface area contributed by atoms with Gasteiger partial charge in [0, 0.05) is 36.1 Å². The standard InChI is InChI=1S/C30H34N2O3/c1-30(2,3)29(35)31-24(20-33)14-15-27(34)32-18-16-23(17-19-32)28-25-10-6-4-8-21(25)12-13-22-9-5-7-11-26(22)28/h4-11,24,33H,14-20H2,1-3H3,(H,31,35)/t24-/m0/s1. The maximum absolute atomic E-state index is 12.9. The van der Waals surface area contributed by atoms with E-state index in [4.69, 9.17) is 0 Å². The summed E-state index contributed by atoms with van der Waals surface area (Å²) in [7, 11) is 0. The second-order valence-corrected chi connectivity index (χ2v) is 10.3. The van der Waals surface area contributed by atoms with Gasteiger partial charge in [0.05, 0.1) is 12.6 Å². The zero-order valence-corrected chi connectivity index (χ0v) is 20.9. The average molecular weight is 471 g/mol. The summed E-state index contributed by atoms with van der Waals surface area (Å²) >= 11 is 0. The lowest BCUT2D eigenvalue weighted by Gasteiger charge is -2.31. The van der Waals surface area contributed by atoms with E-state index in [1.165, 1.54) is 22.3 Å². The van der Waals surface area contributed by atoms with Crippen LogP contribution in [0.3, 0.4) is 0 Å². The number of aliphatic hydroxyl groups excluding tert-OH is 1. The van der Waals surface area contributed by atoms with Gasteiger partial charge in [0.25, 0.3) is 0 Å². The number of carbonyl (C=O) groups is 2. The van der Waals surface area contributed by atoms with Crippen LogP contribution in [0.1, 0.15) is 68.7 Å². The van der Waals surface area contributed by atoms with Gasteiger partial charge in [-0.15, -0.1) is 0 Å². The molecular formula is C30H34N2O3. The number of hydrogen-bond acceptors (Lipinski definition) is 3. The monoisotopic (exact) mass is 470 g/mol. The number of benzene rings is 2. The molecule has 2 aromatic rings. The first-order valence-corrected chi connectivity index (χ1v) is 12.4. The van der Waals surface area contributed by atoms with Crippen molar-refractivity contribution in [3.8, 4) is 11.8 Å². The second kappa shape index (κ2) is 10.5. The van der Waals surface area contributed by atoms with Crippen molar-refractivity contribution in [3.05, 3.63) is 76.4 Å². The van der Waals surface area contributed by atoms with Crippen molar-refractivity contribution in [3.63, 3.8) is 0 Å². The van der Waals surface area contributed by atoms with E-state index >= 15 is 0 Å². The molecule has 0 bridgehead atoms. The normalized spacial score (nSPS) is 15.8. The minimum atomic E-state index is -0.533. The van der Waals surface area contributed by atoms with Crippen molar-refractivity contribution >= 4 is 17.4 Å². The van der Waals surface area contributed by atoms with Crippen LogP contribution in [0.5, 0.6) is 0 Å². The minimum Gasteiger partial charge on any atom is -0.394 e. The Morgan fingerprint density at radius 1 is 0.971 bits per heavy atom. The first-order chi connectivity index (χ1) is 16.8. The van der Waals surface area contributed by atoms with E-state index in [1.807, 2.05) is 37.8 Å². The number of fused-ring (bicyclic) bond motifs is 2. The Morgan fingerprint density at radius 3 is 2.03 bits per heavy atom. The summed E-state index contributed by atoms with van der Waals surface area (Å²) in [4.78, 5) is 27.1. The molecule has 0 spiro atoms. The summed E-state index contributed by atoms with van der Waals surface area (Å²) in [5, 5.41) is 12.5. The Hall–Kier alpha value is -3.36. The fourth-order valence-electron chi connectivity index (χ4n) is 4.62. The number of hydrogen-bond donors (Lipinski definition) is 2. The zero-order valence-electron chi connectivity index (χ0n) is 20.9. The van der Waals surface area contributed by atoms with E-state index in [0.29, 0.717) is 25.9 Å². The summed E-state index contributed by atoms with van der Waals surface area (Å²) in [5.41, 5.74) is 6.47. The molecule has 2 aromatic carbocycles. The molecule has 2 N–H and O–H groups in total. The first kappa shape index (κ1) is 24.8. The largest absolute Gasteiger partial charge is 0.394 e. The van der Waals surface area contributed by atoms with Gasteiger partial charge in [-0.25, -0.2) is 0 Å². The number of likely N-dealkylation sites (tertiary alicyclic amines) is 1. The van der Waals surface area contributed by atoms with Gasteiger partial charge in [0.1, 0.15) is 0 Å². The first-order valence-electron chi connectivity index (χ1n) is 12.4. The molecule has 0 unspecified atom stereocenters. The van der Waals surface area contributed by atoms with Crippen LogP contribution in [0.2, 0.25) is 0 Å². The molecule has 1 aliphatic heterocycles. The Labute approximate surface area is 208 Å². The van der Waals surface area contributed by atoms with Crippen LogP contribution in [-0.2, 0) is 9.59 Å². The molecule has 35 heavy (non-hydrogen) atoms. The Bertz CT molecular complexity index is 1150. The molecule has 1 fully saturated rings. The summed E-state index contributed by atoms with van der Waals surface area (Å²) in [5.74, 6) is 6.62. The van der Waals surface area contributed by atoms with Gasteiger partial charge in [0.2, 0.25) is 11.8 Å². The highest BCUT2D eigenvalue weighted by Gasteiger charge is 2.27. The highest BCUT2D eigenvalue weighted by molar-refractivity contribution is 5.89. The maximum atomic E-state index is 12.9. The lowest BCUT2D eigenvalue weighted by atomic mass is 9.86. The molecular weight excluding hydrogens is 436 g/mol. The maximum Gasteiger partial charge on any atom is 0.225 e. The number of piperidine rings is 1. The highest BCUT2D eigenvalue weighted by Crippen LogP contribution is 2.36. The molecule has 182 valence electrons. The van der Waals surface area contributed by atoms with Crippen molar-refractivity contribution in [2.45, 2.75) is 52.5 Å². The predicted molar refractivity (Wildman–Crippen MR) is 138 cm³/mol. The van der Waals surface area contributed by atoms with E-state index in [0.717, 1.165) is 24.0 Å². The number of aliphatic hydroxyl groups is 1. The quantitative estimate of drug-likeness (QED) is 0.551. The van der Waals surface area contributed by atoms with Crippen LogP contribution >= 0.6 is 0 Å². The summed E-state index contributed by atoms with van der Waals surface area (Å²) in [6.07, 6.45) is 2.36. The lowest BCUT2D eigenvalue weighted by Crippen LogP contribution is -2.44. The molecule has 1 atom stereocenters. The second-order valence-electron chi connectivity index (χ2n) is 10.3. The fraction of sp³-hybridized carbons (Fsp3) is 0.400. The van der Waals surface area contributed by atoms with Crippen LogP contribution in [0.15, 0.2) is 54.1 Å². The van der Waals surface area contributed by atoms with Crippen LogP contribution in [0.4, 0.5) is 0 Å². The van der Waals surface area contributed by atoms with Gasteiger partial charge in [-0.1, -0.05) is 74.6 Å². The van der Waals surface area contributed by atoms with Gasteiger partial charge in [-0.2, -0.15) is 0 Å². The van der Waals surface area contributed by atoms with Gasteiger partial charge in [0.15, 0.2) is 0 Å². The lowest BCUT2D eigenvalue weighted by molar-refractivity contribution is -0.133. The summed E-state index contributed by atoms with van der Waals surface area (Å²) in [6, 6.07) is 16.2. The van der Waals surface area contributed by atoms with Crippen LogP contribution in [0.25, 0.3) is 5.57 Å². The zero-order chi connectivity index (χ0) is 25.0. The van der Waals surface area contributed by atoms with E-state index in [-0.39, 0.29) is 18.4 Å². The van der Waals surface area contributed by atoms with E-state index in [1.54, 1.807) is 0 Å². The van der Waals surface area contributed by atoms with Crippen molar-refractivity contribution in [1.82, 2.24) is 10.2 Å². The molecule has 5 heteroatoms. The summed E-state index contributed by atoms with van der Waals surface area (Å²) in [6.45, 7) is 6.66. The van der Waals surface area contributed by atoms with E-state index in [2.05, 4.69) is 53.6 Å². The Morgan fingerprint density at radius 2 is 1.51 bits per heavy atom. The molecule has 1 aliphatic carbocycles. The van der Waals surface area contributed by atoms with Crippen LogP contribution in [0, 0.1) is 17.3 Å². The van der Waals surface area contributed by atoms with E-state index in [9.17, 15) is 14.7 Å². The number of nitrogens with zero attached hydrogens (tertiary/aromatic N) is 1. The molecule has 2 amide bonds.